The van der Waals surface area contributed by atoms with E-state index in [9.17, 15) is 10.1 Å². The highest BCUT2D eigenvalue weighted by molar-refractivity contribution is 6.39. The van der Waals surface area contributed by atoms with Crippen LogP contribution in [0.4, 0.5) is 17.1 Å². The fraction of sp³-hybridized carbons (Fsp3) is 0. The molecule has 6 nitrogen and oxygen atoms in total. The highest BCUT2D eigenvalue weighted by Gasteiger charge is 2.14. The summed E-state index contributed by atoms with van der Waals surface area (Å²) in [5.74, 6) is 0. The Bertz CT molecular complexity index is 1180. The normalized spacial score (nSPS) is 11.6. The topological polar surface area (TPSA) is 83.7 Å². The lowest BCUT2D eigenvalue weighted by Crippen LogP contribution is -1.87. The molecule has 0 radical (unpaired) electrons. The Morgan fingerprint density at radius 2 is 1.58 bits per heavy atom. The molecule has 0 unspecified atom stereocenters. The molecule has 1 N–H and O–H groups in total. The van der Waals surface area contributed by atoms with Gasteiger partial charge in [-0.1, -0.05) is 41.4 Å². The molecule has 0 spiro atoms. The number of H-pyrrole nitrogens is 1. The van der Waals surface area contributed by atoms with E-state index in [1.807, 2.05) is 42.5 Å². The Morgan fingerprint density at radius 3 is 2.31 bits per heavy atom. The third kappa shape index (κ3) is 2.89. The number of nitrogens with zero attached hydrogens (tertiary/aromatic N) is 3. The minimum absolute atomic E-state index is 0.0691. The van der Waals surface area contributed by atoms with Crippen LogP contribution >= 0.6 is 23.2 Å². The number of para-hydroxylation sites is 1. The minimum Gasteiger partial charge on any atom is -0.354 e. The fourth-order valence-electron chi connectivity index (χ4n) is 2.77. The maximum atomic E-state index is 10.8. The SMILES string of the molecule is O=[N+]([O-])c1cc(Cl)c(N=Nc2ccc3c(c2)[nH]c2ccccc23)c(Cl)c1. The van der Waals surface area contributed by atoms with Gasteiger partial charge in [0.1, 0.15) is 5.69 Å². The van der Waals surface area contributed by atoms with Gasteiger partial charge >= 0.3 is 0 Å². The number of hydrogen-bond acceptors (Lipinski definition) is 4. The van der Waals surface area contributed by atoms with E-state index in [2.05, 4.69) is 15.2 Å². The number of benzene rings is 3. The molecule has 3 aromatic carbocycles. The summed E-state index contributed by atoms with van der Waals surface area (Å²) in [6, 6.07) is 16.1. The van der Waals surface area contributed by atoms with Gasteiger partial charge in [0.05, 0.1) is 20.7 Å². The zero-order valence-corrected chi connectivity index (χ0v) is 14.6. The van der Waals surface area contributed by atoms with Gasteiger partial charge < -0.3 is 4.98 Å². The summed E-state index contributed by atoms with van der Waals surface area (Å²) in [6.45, 7) is 0. The van der Waals surface area contributed by atoms with Crippen molar-refractivity contribution in [3.63, 3.8) is 0 Å². The van der Waals surface area contributed by atoms with Gasteiger partial charge in [0, 0.05) is 33.9 Å². The first-order valence-electron chi connectivity index (χ1n) is 7.58. The highest BCUT2D eigenvalue weighted by Crippen LogP contribution is 2.38. The first kappa shape index (κ1) is 16.5. The Balaban J connectivity index is 1.73. The molecule has 0 bridgehead atoms. The number of aromatic amines is 1. The number of halogens is 2. The van der Waals surface area contributed by atoms with Crippen LogP contribution in [-0.2, 0) is 0 Å². The quantitative estimate of drug-likeness (QED) is 0.235. The molecule has 0 aliphatic carbocycles. The van der Waals surface area contributed by atoms with Crippen LogP contribution < -0.4 is 0 Å². The van der Waals surface area contributed by atoms with Crippen LogP contribution in [0.15, 0.2) is 64.8 Å². The number of rotatable bonds is 3. The van der Waals surface area contributed by atoms with Crippen molar-refractivity contribution >= 4 is 62.1 Å². The van der Waals surface area contributed by atoms with Gasteiger partial charge in [-0.2, -0.15) is 5.11 Å². The molecule has 0 aliphatic rings. The average molecular weight is 385 g/mol. The van der Waals surface area contributed by atoms with E-state index in [1.54, 1.807) is 0 Å². The third-order valence-corrected chi connectivity index (χ3v) is 4.54. The third-order valence-electron chi connectivity index (χ3n) is 3.97. The number of nitro groups is 1. The van der Waals surface area contributed by atoms with Gasteiger partial charge in [-0.25, -0.2) is 0 Å². The van der Waals surface area contributed by atoms with Gasteiger partial charge in [0.25, 0.3) is 5.69 Å². The molecule has 4 rings (SSSR count). The second-order valence-corrected chi connectivity index (χ2v) is 6.43. The van der Waals surface area contributed by atoms with Crippen LogP contribution in [-0.4, -0.2) is 9.91 Å². The van der Waals surface area contributed by atoms with Crippen molar-refractivity contribution in [1.29, 1.82) is 0 Å². The molecule has 0 saturated carbocycles. The average Bonchev–Trinajstić information content (AvgIpc) is 2.98. The minimum atomic E-state index is -0.567. The molecule has 128 valence electrons. The maximum Gasteiger partial charge on any atom is 0.272 e. The summed E-state index contributed by atoms with van der Waals surface area (Å²) in [5.41, 5.74) is 2.57. The highest BCUT2D eigenvalue weighted by atomic mass is 35.5. The summed E-state index contributed by atoms with van der Waals surface area (Å²) >= 11 is 12.1. The maximum absolute atomic E-state index is 10.8. The number of azo groups is 1. The molecule has 8 heteroatoms. The van der Waals surface area contributed by atoms with Crippen LogP contribution in [0.2, 0.25) is 10.0 Å². The lowest BCUT2D eigenvalue weighted by Gasteiger charge is -2.01. The van der Waals surface area contributed by atoms with E-state index in [-0.39, 0.29) is 21.4 Å². The molecule has 1 heterocycles. The monoisotopic (exact) mass is 384 g/mol. The Kier molecular flexibility index (Phi) is 4.06. The van der Waals surface area contributed by atoms with Crippen molar-refractivity contribution in [2.45, 2.75) is 0 Å². The number of nitro benzene ring substituents is 1. The van der Waals surface area contributed by atoms with Crippen molar-refractivity contribution in [2.24, 2.45) is 10.2 Å². The van der Waals surface area contributed by atoms with Crippen molar-refractivity contribution in [2.75, 3.05) is 0 Å². The van der Waals surface area contributed by atoms with E-state index in [1.165, 1.54) is 12.1 Å². The van der Waals surface area contributed by atoms with Crippen LogP contribution in [0, 0.1) is 10.1 Å². The number of fused-ring (bicyclic) bond motifs is 3. The predicted molar refractivity (Wildman–Crippen MR) is 103 cm³/mol. The van der Waals surface area contributed by atoms with Crippen LogP contribution in [0.5, 0.6) is 0 Å². The number of aromatic nitrogens is 1. The molecule has 26 heavy (non-hydrogen) atoms. The van der Waals surface area contributed by atoms with Gasteiger partial charge in [-0.15, -0.1) is 5.11 Å². The Hall–Kier alpha value is -2.96. The summed E-state index contributed by atoms with van der Waals surface area (Å²) < 4.78 is 0. The van der Waals surface area contributed by atoms with E-state index < -0.39 is 4.92 Å². The molecule has 0 saturated heterocycles. The molecule has 0 fully saturated rings. The smallest absolute Gasteiger partial charge is 0.272 e. The summed E-state index contributed by atoms with van der Waals surface area (Å²) in [7, 11) is 0. The fourth-order valence-corrected chi connectivity index (χ4v) is 3.32. The molecule has 0 aliphatic heterocycles. The first-order valence-corrected chi connectivity index (χ1v) is 8.34. The summed E-state index contributed by atoms with van der Waals surface area (Å²) in [4.78, 5) is 13.6. The van der Waals surface area contributed by atoms with Gasteiger partial charge in [-0.3, -0.25) is 10.1 Å². The van der Waals surface area contributed by atoms with Crippen molar-refractivity contribution in [1.82, 2.24) is 4.98 Å². The van der Waals surface area contributed by atoms with E-state index in [0.717, 1.165) is 21.8 Å². The van der Waals surface area contributed by atoms with Crippen LogP contribution in [0.3, 0.4) is 0 Å². The zero-order valence-electron chi connectivity index (χ0n) is 13.1. The van der Waals surface area contributed by atoms with Gasteiger partial charge in [0.15, 0.2) is 0 Å². The Morgan fingerprint density at radius 1 is 0.885 bits per heavy atom. The standard InChI is InChI=1S/C18H10Cl2N4O2/c19-14-8-11(24(25)26)9-15(20)18(14)23-22-10-5-6-13-12-3-1-2-4-16(12)21-17(13)7-10/h1-9,21H. The van der Waals surface area contributed by atoms with E-state index >= 15 is 0 Å². The lowest BCUT2D eigenvalue weighted by molar-refractivity contribution is -0.384. The summed E-state index contributed by atoms with van der Waals surface area (Å²) in [5, 5.41) is 21.4. The molecule has 0 atom stereocenters. The number of nitrogens with one attached hydrogen (secondary N) is 1. The Labute approximate surface area is 157 Å². The second kappa shape index (κ2) is 6.40. The molecule has 1 aromatic heterocycles. The van der Waals surface area contributed by atoms with Gasteiger partial charge in [0.2, 0.25) is 0 Å². The molecule has 4 aromatic rings. The van der Waals surface area contributed by atoms with Crippen molar-refractivity contribution < 1.29 is 4.92 Å². The van der Waals surface area contributed by atoms with Crippen molar-refractivity contribution in [3.05, 3.63) is 74.8 Å². The van der Waals surface area contributed by atoms with Crippen molar-refractivity contribution in [3.8, 4) is 0 Å². The lowest BCUT2D eigenvalue weighted by atomic mass is 10.1. The second-order valence-electron chi connectivity index (χ2n) is 5.62. The van der Waals surface area contributed by atoms with Gasteiger partial charge in [-0.05, 0) is 24.3 Å². The molecular formula is C18H10Cl2N4O2. The number of non-ortho nitro benzene ring substituents is 1. The molecular weight excluding hydrogens is 375 g/mol. The zero-order chi connectivity index (χ0) is 18.3. The largest absolute Gasteiger partial charge is 0.354 e. The van der Waals surface area contributed by atoms with Crippen LogP contribution in [0.1, 0.15) is 0 Å². The summed E-state index contributed by atoms with van der Waals surface area (Å²) in [6.07, 6.45) is 0. The van der Waals surface area contributed by atoms with Crippen LogP contribution in [0.25, 0.3) is 21.8 Å². The van der Waals surface area contributed by atoms with E-state index in [4.69, 9.17) is 23.2 Å². The first-order chi connectivity index (χ1) is 12.5. The predicted octanol–water partition coefficient (Wildman–Crippen LogP) is 6.95. The van der Waals surface area contributed by atoms with E-state index in [0.29, 0.717) is 5.69 Å². The molecule has 0 amide bonds. The number of hydrogen-bond donors (Lipinski definition) is 1.